The molecule has 0 saturated heterocycles. The molecule has 1 fully saturated rings. The molecule has 19 heavy (non-hydrogen) atoms. The molecule has 0 aliphatic heterocycles. The van der Waals surface area contributed by atoms with E-state index in [9.17, 15) is 0 Å². The van der Waals surface area contributed by atoms with Crippen LogP contribution in [-0.2, 0) is 6.54 Å². The summed E-state index contributed by atoms with van der Waals surface area (Å²) in [6.45, 7) is 3.11. The fourth-order valence-electron chi connectivity index (χ4n) is 2.70. The number of aromatic nitrogens is 1. The zero-order chi connectivity index (χ0) is 13.1. The van der Waals surface area contributed by atoms with Crippen molar-refractivity contribution in [3.05, 3.63) is 40.9 Å². The van der Waals surface area contributed by atoms with E-state index in [4.69, 9.17) is 0 Å². The van der Waals surface area contributed by atoms with Crippen LogP contribution in [0.25, 0.3) is 10.6 Å². The van der Waals surface area contributed by atoms with Crippen LogP contribution in [0, 0.1) is 6.92 Å². The summed E-state index contributed by atoms with van der Waals surface area (Å²) in [5.74, 6) is 0. The topological polar surface area (TPSA) is 24.9 Å². The number of rotatable bonds is 4. The summed E-state index contributed by atoms with van der Waals surface area (Å²) in [6.07, 6.45) is 7.46. The molecule has 1 aliphatic rings. The van der Waals surface area contributed by atoms with Crippen LogP contribution in [0.2, 0.25) is 0 Å². The SMILES string of the molecule is Cc1ccccc1-c1ncc(CNC2CCCC2)s1. The standard InChI is InChI=1S/C16H20N2S/c1-12-6-2-5-9-15(12)16-18-11-14(19-16)10-17-13-7-3-4-8-13/h2,5-6,9,11,13,17H,3-4,7-8,10H2,1H3. The van der Waals surface area contributed by atoms with Gasteiger partial charge in [0.2, 0.25) is 0 Å². The van der Waals surface area contributed by atoms with Crippen LogP contribution in [0.15, 0.2) is 30.5 Å². The van der Waals surface area contributed by atoms with Crippen LogP contribution in [0.4, 0.5) is 0 Å². The van der Waals surface area contributed by atoms with Gasteiger partial charge in [0.05, 0.1) is 0 Å². The Balaban J connectivity index is 1.67. The molecular weight excluding hydrogens is 252 g/mol. The van der Waals surface area contributed by atoms with Crippen molar-refractivity contribution in [2.24, 2.45) is 0 Å². The van der Waals surface area contributed by atoms with Gasteiger partial charge >= 0.3 is 0 Å². The van der Waals surface area contributed by atoms with Gasteiger partial charge in [-0.15, -0.1) is 11.3 Å². The zero-order valence-corrected chi connectivity index (χ0v) is 12.2. The average Bonchev–Trinajstić information content (AvgIpc) is 3.08. The highest BCUT2D eigenvalue weighted by Gasteiger charge is 2.14. The van der Waals surface area contributed by atoms with Gasteiger partial charge in [0.1, 0.15) is 5.01 Å². The van der Waals surface area contributed by atoms with Crippen molar-refractivity contribution in [1.29, 1.82) is 0 Å². The van der Waals surface area contributed by atoms with Crippen LogP contribution >= 0.6 is 11.3 Å². The molecule has 0 unspecified atom stereocenters. The van der Waals surface area contributed by atoms with Gasteiger partial charge in [-0.25, -0.2) is 4.98 Å². The van der Waals surface area contributed by atoms with E-state index in [1.807, 2.05) is 17.5 Å². The number of hydrogen-bond donors (Lipinski definition) is 1. The van der Waals surface area contributed by atoms with Crippen molar-refractivity contribution in [1.82, 2.24) is 10.3 Å². The number of hydrogen-bond acceptors (Lipinski definition) is 3. The lowest BCUT2D eigenvalue weighted by molar-refractivity contribution is 0.527. The molecular formula is C16H20N2S. The molecule has 1 N–H and O–H groups in total. The third kappa shape index (κ3) is 3.04. The Kier molecular flexibility index (Phi) is 3.95. The molecule has 0 spiro atoms. The molecule has 0 radical (unpaired) electrons. The maximum absolute atomic E-state index is 4.57. The quantitative estimate of drug-likeness (QED) is 0.904. The summed E-state index contributed by atoms with van der Waals surface area (Å²) in [7, 11) is 0. The van der Waals surface area contributed by atoms with E-state index in [-0.39, 0.29) is 0 Å². The monoisotopic (exact) mass is 272 g/mol. The third-order valence-corrected chi connectivity index (χ3v) is 4.88. The minimum atomic E-state index is 0.726. The second kappa shape index (κ2) is 5.85. The zero-order valence-electron chi connectivity index (χ0n) is 11.4. The Morgan fingerprint density at radius 3 is 2.84 bits per heavy atom. The number of nitrogens with zero attached hydrogens (tertiary/aromatic N) is 1. The van der Waals surface area contributed by atoms with E-state index in [1.165, 1.54) is 41.7 Å². The van der Waals surface area contributed by atoms with Crippen molar-refractivity contribution in [3.8, 4) is 10.6 Å². The number of benzene rings is 1. The van der Waals surface area contributed by atoms with Crippen LogP contribution in [0.5, 0.6) is 0 Å². The summed E-state index contributed by atoms with van der Waals surface area (Å²) < 4.78 is 0. The number of aryl methyl sites for hydroxylation is 1. The molecule has 3 heteroatoms. The van der Waals surface area contributed by atoms with Gasteiger partial charge in [-0.2, -0.15) is 0 Å². The average molecular weight is 272 g/mol. The first kappa shape index (κ1) is 12.8. The van der Waals surface area contributed by atoms with Gasteiger partial charge in [-0.3, -0.25) is 0 Å². The summed E-state index contributed by atoms with van der Waals surface area (Å²) in [5.41, 5.74) is 2.56. The first-order chi connectivity index (χ1) is 9.33. The molecule has 1 heterocycles. The van der Waals surface area contributed by atoms with Crippen molar-refractivity contribution >= 4 is 11.3 Å². The number of thiazole rings is 1. The van der Waals surface area contributed by atoms with Gasteiger partial charge in [-0.05, 0) is 25.3 Å². The summed E-state index contributed by atoms with van der Waals surface area (Å²) in [6, 6.07) is 9.19. The Hall–Kier alpha value is -1.19. The minimum Gasteiger partial charge on any atom is -0.309 e. The Bertz CT molecular complexity index is 541. The van der Waals surface area contributed by atoms with Crippen molar-refractivity contribution in [2.75, 3.05) is 0 Å². The second-order valence-electron chi connectivity index (χ2n) is 5.31. The highest BCUT2D eigenvalue weighted by atomic mass is 32.1. The van der Waals surface area contributed by atoms with Crippen LogP contribution in [-0.4, -0.2) is 11.0 Å². The Morgan fingerprint density at radius 2 is 2.05 bits per heavy atom. The largest absolute Gasteiger partial charge is 0.309 e. The van der Waals surface area contributed by atoms with Gasteiger partial charge in [0.15, 0.2) is 0 Å². The minimum absolute atomic E-state index is 0.726. The maximum Gasteiger partial charge on any atom is 0.123 e. The molecule has 1 aromatic carbocycles. The Labute approximate surface area is 118 Å². The van der Waals surface area contributed by atoms with Crippen LogP contribution < -0.4 is 5.32 Å². The van der Waals surface area contributed by atoms with Crippen LogP contribution in [0.1, 0.15) is 36.1 Å². The smallest absolute Gasteiger partial charge is 0.123 e. The fraction of sp³-hybridized carbons (Fsp3) is 0.438. The van der Waals surface area contributed by atoms with E-state index in [0.717, 1.165) is 17.6 Å². The highest BCUT2D eigenvalue weighted by Crippen LogP contribution is 2.28. The molecule has 2 nitrogen and oxygen atoms in total. The van der Waals surface area contributed by atoms with Gasteiger partial charge in [-0.1, -0.05) is 37.1 Å². The lowest BCUT2D eigenvalue weighted by Crippen LogP contribution is -2.24. The second-order valence-corrected chi connectivity index (χ2v) is 6.42. The van der Waals surface area contributed by atoms with Gasteiger partial charge in [0, 0.05) is 29.2 Å². The molecule has 1 aliphatic carbocycles. The maximum atomic E-state index is 4.57. The van der Waals surface area contributed by atoms with Crippen molar-refractivity contribution in [2.45, 2.75) is 45.2 Å². The van der Waals surface area contributed by atoms with E-state index in [0.29, 0.717) is 0 Å². The summed E-state index contributed by atoms with van der Waals surface area (Å²) in [5, 5.41) is 4.79. The first-order valence-electron chi connectivity index (χ1n) is 7.07. The van der Waals surface area contributed by atoms with E-state index >= 15 is 0 Å². The summed E-state index contributed by atoms with van der Waals surface area (Å²) in [4.78, 5) is 5.91. The molecule has 100 valence electrons. The third-order valence-electron chi connectivity index (χ3n) is 3.85. The molecule has 0 amide bonds. The predicted molar refractivity (Wildman–Crippen MR) is 81.4 cm³/mol. The fourth-order valence-corrected chi connectivity index (χ4v) is 3.66. The highest BCUT2D eigenvalue weighted by molar-refractivity contribution is 7.15. The molecule has 3 rings (SSSR count). The van der Waals surface area contributed by atoms with Crippen molar-refractivity contribution < 1.29 is 0 Å². The molecule has 0 bridgehead atoms. The van der Waals surface area contributed by atoms with Gasteiger partial charge in [0.25, 0.3) is 0 Å². The first-order valence-corrected chi connectivity index (χ1v) is 7.88. The van der Waals surface area contributed by atoms with E-state index < -0.39 is 0 Å². The van der Waals surface area contributed by atoms with Crippen molar-refractivity contribution in [3.63, 3.8) is 0 Å². The normalized spacial score (nSPS) is 16.1. The van der Waals surface area contributed by atoms with Crippen LogP contribution in [0.3, 0.4) is 0 Å². The van der Waals surface area contributed by atoms with Gasteiger partial charge < -0.3 is 5.32 Å². The lowest BCUT2D eigenvalue weighted by atomic mass is 10.1. The molecule has 1 saturated carbocycles. The predicted octanol–water partition coefficient (Wildman–Crippen LogP) is 4.15. The van der Waals surface area contributed by atoms with E-state index in [2.05, 4.69) is 41.5 Å². The molecule has 0 atom stereocenters. The molecule has 2 aromatic rings. The Morgan fingerprint density at radius 1 is 1.26 bits per heavy atom. The molecule has 1 aromatic heterocycles. The number of nitrogens with one attached hydrogen (secondary N) is 1. The lowest BCUT2D eigenvalue weighted by Gasteiger charge is -2.09. The summed E-state index contributed by atoms with van der Waals surface area (Å²) >= 11 is 1.81. The van der Waals surface area contributed by atoms with E-state index in [1.54, 1.807) is 0 Å².